The molecular weight excluding hydrogens is 226 g/mol. The molecule has 0 aliphatic carbocycles. The summed E-state index contributed by atoms with van der Waals surface area (Å²) in [7, 11) is 0. The van der Waals surface area contributed by atoms with Crippen molar-refractivity contribution in [2.75, 3.05) is 39.3 Å². The molecule has 2 heterocycles. The Hall–Kier alpha value is -1.55. The fourth-order valence-corrected chi connectivity index (χ4v) is 2.49. The van der Waals surface area contributed by atoms with Crippen LogP contribution in [0.2, 0.25) is 0 Å². The number of carbonyl (C=O) groups is 1. The minimum Gasteiger partial charge on any atom is -0.369 e. The summed E-state index contributed by atoms with van der Waals surface area (Å²) in [6, 6.07) is 0.600. The first-order valence-corrected chi connectivity index (χ1v) is 6.37. The summed E-state index contributed by atoms with van der Waals surface area (Å²) in [4.78, 5) is 18.0. The highest BCUT2D eigenvalue weighted by Gasteiger charge is 2.33. The van der Waals surface area contributed by atoms with Crippen LogP contribution >= 0.6 is 0 Å². The van der Waals surface area contributed by atoms with E-state index in [1.165, 1.54) is 6.08 Å². The van der Waals surface area contributed by atoms with E-state index in [1.54, 1.807) is 6.08 Å². The number of nitrogens with zero attached hydrogens (tertiary/aromatic N) is 3. The van der Waals surface area contributed by atoms with Crippen molar-refractivity contribution in [2.45, 2.75) is 6.04 Å². The number of hydrogen-bond acceptors (Lipinski definition) is 3. The van der Waals surface area contributed by atoms with E-state index in [2.05, 4.69) is 29.5 Å². The average molecular weight is 247 g/mol. The summed E-state index contributed by atoms with van der Waals surface area (Å²) in [5.41, 5.74) is 1.01. The van der Waals surface area contributed by atoms with E-state index >= 15 is 0 Å². The zero-order valence-electron chi connectivity index (χ0n) is 10.8. The third-order valence-electron chi connectivity index (χ3n) is 3.82. The molecule has 98 valence electrons. The molecule has 0 aromatic rings. The molecule has 2 saturated heterocycles. The van der Waals surface area contributed by atoms with Crippen molar-refractivity contribution in [3.8, 4) is 0 Å². The summed E-state index contributed by atoms with van der Waals surface area (Å²) in [5.74, 6) is 0.0462. The van der Waals surface area contributed by atoms with E-state index in [0.717, 1.165) is 45.0 Å². The normalized spacial score (nSPS) is 21.3. The number of allylic oxidation sites excluding steroid dienone is 1. The number of piperazine rings is 1. The van der Waals surface area contributed by atoms with Gasteiger partial charge >= 0.3 is 0 Å². The van der Waals surface area contributed by atoms with Crippen LogP contribution < -0.4 is 0 Å². The van der Waals surface area contributed by atoms with Crippen molar-refractivity contribution in [3.05, 3.63) is 37.6 Å². The van der Waals surface area contributed by atoms with Crippen LogP contribution in [-0.2, 0) is 4.79 Å². The predicted molar refractivity (Wildman–Crippen MR) is 73.0 cm³/mol. The predicted octanol–water partition coefficient (Wildman–Crippen LogP) is 0.700. The summed E-state index contributed by atoms with van der Waals surface area (Å²) in [6.07, 6.45) is 3.20. The van der Waals surface area contributed by atoms with Crippen LogP contribution in [0.4, 0.5) is 0 Å². The van der Waals surface area contributed by atoms with E-state index in [0.29, 0.717) is 6.04 Å². The second kappa shape index (κ2) is 5.40. The fourth-order valence-electron chi connectivity index (χ4n) is 2.49. The topological polar surface area (TPSA) is 26.8 Å². The molecule has 4 heteroatoms. The van der Waals surface area contributed by atoms with Gasteiger partial charge in [0.25, 0.3) is 0 Å². The minimum atomic E-state index is 0.0462. The smallest absolute Gasteiger partial charge is 0.246 e. The van der Waals surface area contributed by atoms with Gasteiger partial charge in [-0.3, -0.25) is 9.69 Å². The van der Waals surface area contributed by atoms with Crippen molar-refractivity contribution < 1.29 is 4.79 Å². The number of hydrogen-bond donors (Lipinski definition) is 0. The highest BCUT2D eigenvalue weighted by atomic mass is 16.2. The molecule has 0 saturated carbocycles. The molecule has 0 aromatic carbocycles. The number of carbonyl (C=O) groups excluding carboxylic acids is 1. The molecule has 0 unspecified atom stereocenters. The van der Waals surface area contributed by atoms with Crippen LogP contribution in [0.1, 0.15) is 0 Å². The van der Waals surface area contributed by atoms with Crippen molar-refractivity contribution in [1.29, 1.82) is 0 Å². The molecule has 2 fully saturated rings. The summed E-state index contributed by atoms with van der Waals surface area (Å²) in [6.45, 7) is 16.8. The second-order valence-electron chi connectivity index (χ2n) is 4.82. The Morgan fingerprint density at radius 3 is 2.11 bits per heavy atom. The molecule has 0 atom stereocenters. The van der Waals surface area contributed by atoms with Crippen molar-refractivity contribution in [1.82, 2.24) is 14.7 Å². The summed E-state index contributed by atoms with van der Waals surface area (Å²) in [5, 5.41) is 0. The Balaban J connectivity index is 1.75. The molecular formula is C14H21N3O. The zero-order chi connectivity index (χ0) is 13.1. The van der Waals surface area contributed by atoms with E-state index in [9.17, 15) is 4.79 Å². The Labute approximate surface area is 109 Å². The molecule has 0 aromatic heterocycles. The van der Waals surface area contributed by atoms with E-state index in [1.807, 2.05) is 4.90 Å². The molecule has 2 aliphatic rings. The zero-order valence-corrected chi connectivity index (χ0v) is 10.8. The lowest BCUT2D eigenvalue weighted by atomic mass is 10.1. The standard InChI is InChI=1S/C14H21N3O/c1-4-12(3)17-10-13(11-17)15-6-8-16(9-7-15)14(18)5-2/h4-5,13H,1-3,6-11H2. The minimum absolute atomic E-state index is 0.0462. The van der Waals surface area contributed by atoms with E-state index in [4.69, 9.17) is 0 Å². The lowest BCUT2D eigenvalue weighted by Gasteiger charge is -2.49. The van der Waals surface area contributed by atoms with Crippen LogP contribution in [0.25, 0.3) is 0 Å². The van der Waals surface area contributed by atoms with Gasteiger partial charge in [0.15, 0.2) is 0 Å². The van der Waals surface area contributed by atoms with Gasteiger partial charge in [0.2, 0.25) is 5.91 Å². The maximum Gasteiger partial charge on any atom is 0.246 e. The third kappa shape index (κ3) is 2.48. The molecule has 1 amide bonds. The van der Waals surface area contributed by atoms with Crippen molar-refractivity contribution >= 4 is 5.91 Å². The lowest BCUT2D eigenvalue weighted by molar-refractivity contribution is -0.128. The molecule has 4 nitrogen and oxygen atoms in total. The molecule has 0 spiro atoms. The Morgan fingerprint density at radius 2 is 1.61 bits per heavy atom. The summed E-state index contributed by atoms with van der Waals surface area (Å²) >= 11 is 0. The molecule has 2 aliphatic heterocycles. The van der Waals surface area contributed by atoms with Gasteiger partial charge in [0.1, 0.15) is 0 Å². The van der Waals surface area contributed by atoms with Crippen molar-refractivity contribution in [3.63, 3.8) is 0 Å². The average Bonchev–Trinajstić information content (AvgIpc) is 2.36. The lowest BCUT2D eigenvalue weighted by Crippen LogP contribution is -2.62. The summed E-state index contributed by atoms with van der Waals surface area (Å²) < 4.78 is 0. The Bertz CT molecular complexity index is 363. The van der Waals surface area contributed by atoms with Crippen LogP contribution in [0.3, 0.4) is 0 Å². The molecule has 0 bridgehead atoms. The highest BCUT2D eigenvalue weighted by molar-refractivity contribution is 5.87. The van der Waals surface area contributed by atoms with Crippen LogP contribution in [0.5, 0.6) is 0 Å². The van der Waals surface area contributed by atoms with Crippen LogP contribution in [-0.4, -0.2) is 65.9 Å². The molecule has 18 heavy (non-hydrogen) atoms. The maximum atomic E-state index is 11.5. The van der Waals surface area contributed by atoms with Gasteiger partial charge in [-0.25, -0.2) is 0 Å². The first-order chi connectivity index (χ1) is 8.65. The van der Waals surface area contributed by atoms with Crippen LogP contribution in [0.15, 0.2) is 37.6 Å². The number of amides is 1. The van der Waals surface area contributed by atoms with Gasteiger partial charge in [-0.1, -0.05) is 19.7 Å². The van der Waals surface area contributed by atoms with Gasteiger partial charge in [0, 0.05) is 51.0 Å². The third-order valence-corrected chi connectivity index (χ3v) is 3.82. The van der Waals surface area contributed by atoms with Gasteiger partial charge < -0.3 is 9.80 Å². The van der Waals surface area contributed by atoms with Crippen molar-refractivity contribution in [2.24, 2.45) is 0 Å². The van der Waals surface area contributed by atoms with Gasteiger partial charge in [-0.15, -0.1) is 0 Å². The molecule has 2 rings (SSSR count). The number of rotatable bonds is 4. The molecule has 0 radical (unpaired) electrons. The Kier molecular flexibility index (Phi) is 3.87. The fraction of sp³-hybridized carbons (Fsp3) is 0.500. The van der Waals surface area contributed by atoms with Gasteiger partial charge in [-0.05, 0) is 12.2 Å². The monoisotopic (exact) mass is 247 g/mol. The first kappa shape index (κ1) is 12.9. The van der Waals surface area contributed by atoms with Gasteiger partial charge in [-0.2, -0.15) is 0 Å². The number of likely N-dealkylation sites (tertiary alicyclic amines) is 1. The van der Waals surface area contributed by atoms with E-state index in [-0.39, 0.29) is 5.91 Å². The Morgan fingerprint density at radius 1 is 1.00 bits per heavy atom. The highest BCUT2D eigenvalue weighted by Crippen LogP contribution is 2.20. The quantitative estimate of drug-likeness (QED) is 0.540. The maximum absolute atomic E-state index is 11.5. The van der Waals surface area contributed by atoms with Crippen LogP contribution in [0, 0.1) is 0 Å². The molecule has 0 N–H and O–H groups in total. The second-order valence-corrected chi connectivity index (χ2v) is 4.82. The van der Waals surface area contributed by atoms with Gasteiger partial charge in [0.05, 0.1) is 0 Å². The largest absolute Gasteiger partial charge is 0.369 e. The van der Waals surface area contributed by atoms with E-state index < -0.39 is 0 Å². The SMILES string of the molecule is C=CC(=C)N1CC(N2CCN(C(=O)C=C)CC2)C1. The first-order valence-electron chi connectivity index (χ1n) is 6.37.